The van der Waals surface area contributed by atoms with Gasteiger partial charge in [-0.25, -0.2) is 0 Å². The summed E-state index contributed by atoms with van der Waals surface area (Å²) >= 11 is 0. The summed E-state index contributed by atoms with van der Waals surface area (Å²) in [6.45, 7) is 7.48. The highest BCUT2D eigenvalue weighted by molar-refractivity contribution is 5.78. The summed E-state index contributed by atoms with van der Waals surface area (Å²) in [6, 6.07) is 8.16. The summed E-state index contributed by atoms with van der Waals surface area (Å²) in [5.74, 6) is 1.87. The summed E-state index contributed by atoms with van der Waals surface area (Å²) in [5, 5.41) is 3.74. The van der Waals surface area contributed by atoms with Crippen molar-refractivity contribution in [1.82, 2.24) is 4.98 Å². The van der Waals surface area contributed by atoms with Crippen LogP contribution in [0.4, 0.5) is 0 Å². The lowest BCUT2D eigenvalue weighted by atomic mass is 10.1. The van der Waals surface area contributed by atoms with Crippen LogP contribution in [0.2, 0.25) is 0 Å². The molecule has 0 unspecified atom stereocenters. The van der Waals surface area contributed by atoms with Crippen LogP contribution in [0.1, 0.15) is 55.0 Å². The Labute approximate surface area is 180 Å². The molecule has 30 heavy (non-hydrogen) atoms. The highest BCUT2D eigenvalue weighted by atomic mass is 16.6. The lowest BCUT2D eigenvalue weighted by molar-refractivity contribution is 0.215. The van der Waals surface area contributed by atoms with Crippen molar-refractivity contribution in [2.75, 3.05) is 20.3 Å². The molecule has 5 heteroatoms. The van der Waals surface area contributed by atoms with Crippen molar-refractivity contribution in [2.45, 2.75) is 52.9 Å². The molecule has 0 saturated carbocycles. The Kier molecular flexibility index (Phi) is 10.5. The third-order valence-electron chi connectivity index (χ3n) is 4.74. The molecular weight excluding hydrogens is 376 g/mol. The SMILES string of the molecule is C/C=C/COc1cc(C)c(OCCCCCCc2ccc(C=NOC)cn2)c(C)c1. The molecule has 0 atom stereocenters. The third kappa shape index (κ3) is 8.27. The summed E-state index contributed by atoms with van der Waals surface area (Å²) in [6.07, 6.45) is 13.0. The number of oxime groups is 1. The van der Waals surface area contributed by atoms with Crippen molar-refractivity contribution >= 4 is 6.21 Å². The number of hydrogen-bond acceptors (Lipinski definition) is 5. The minimum absolute atomic E-state index is 0.595. The van der Waals surface area contributed by atoms with E-state index in [4.69, 9.17) is 9.47 Å². The van der Waals surface area contributed by atoms with Gasteiger partial charge in [-0.05, 0) is 75.4 Å². The van der Waals surface area contributed by atoms with Gasteiger partial charge in [-0.15, -0.1) is 0 Å². The standard InChI is InChI=1S/C25H34N2O3/c1-5-6-14-29-24-16-20(2)25(21(3)17-24)30-15-10-8-7-9-11-23-13-12-22(18-26-23)19-27-28-4/h5-6,12-13,16-19H,7-11,14-15H2,1-4H3/b6-5+,27-19?. The van der Waals surface area contributed by atoms with E-state index in [2.05, 4.69) is 34.9 Å². The van der Waals surface area contributed by atoms with E-state index in [9.17, 15) is 0 Å². The second kappa shape index (κ2) is 13.4. The summed E-state index contributed by atoms with van der Waals surface area (Å²) in [5.41, 5.74) is 4.30. The van der Waals surface area contributed by atoms with Crippen LogP contribution in [0.15, 0.2) is 47.8 Å². The first-order valence-electron chi connectivity index (χ1n) is 10.6. The molecule has 2 aromatic rings. The Morgan fingerprint density at radius 1 is 1.00 bits per heavy atom. The average molecular weight is 411 g/mol. The Bertz CT molecular complexity index is 791. The maximum atomic E-state index is 6.05. The molecule has 0 saturated heterocycles. The van der Waals surface area contributed by atoms with Crippen LogP contribution >= 0.6 is 0 Å². The molecule has 0 aliphatic carbocycles. The highest BCUT2D eigenvalue weighted by Crippen LogP contribution is 2.28. The Morgan fingerprint density at radius 3 is 2.43 bits per heavy atom. The van der Waals surface area contributed by atoms with Crippen LogP contribution in [0.5, 0.6) is 11.5 Å². The predicted molar refractivity (Wildman–Crippen MR) is 123 cm³/mol. The van der Waals surface area contributed by atoms with E-state index in [0.717, 1.165) is 66.2 Å². The molecule has 1 heterocycles. The Balaban J connectivity index is 1.65. The van der Waals surface area contributed by atoms with Crippen molar-refractivity contribution in [3.05, 3.63) is 65.0 Å². The molecule has 0 N–H and O–H groups in total. The van der Waals surface area contributed by atoms with E-state index in [1.54, 1.807) is 6.21 Å². The van der Waals surface area contributed by atoms with E-state index in [-0.39, 0.29) is 0 Å². The van der Waals surface area contributed by atoms with Gasteiger partial charge < -0.3 is 14.3 Å². The summed E-state index contributed by atoms with van der Waals surface area (Å²) < 4.78 is 11.8. The number of unbranched alkanes of at least 4 members (excludes halogenated alkanes) is 3. The average Bonchev–Trinajstić information content (AvgIpc) is 2.74. The first kappa shape index (κ1) is 23.5. The first-order valence-corrected chi connectivity index (χ1v) is 10.6. The van der Waals surface area contributed by atoms with Gasteiger partial charge in [0.25, 0.3) is 0 Å². The van der Waals surface area contributed by atoms with E-state index in [1.165, 1.54) is 13.5 Å². The second-order valence-electron chi connectivity index (χ2n) is 7.28. The largest absolute Gasteiger partial charge is 0.493 e. The molecule has 2 rings (SSSR count). The zero-order chi connectivity index (χ0) is 21.6. The van der Waals surface area contributed by atoms with E-state index in [1.807, 2.05) is 43.5 Å². The molecule has 0 aliphatic rings. The molecule has 1 aromatic carbocycles. The maximum absolute atomic E-state index is 6.05. The van der Waals surface area contributed by atoms with Crippen LogP contribution in [-0.4, -0.2) is 31.5 Å². The van der Waals surface area contributed by atoms with Gasteiger partial charge >= 0.3 is 0 Å². The maximum Gasteiger partial charge on any atom is 0.125 e. The number of rotatable bonds is 13. The topological polar surface area (TPSA) is 52.9 Å². The number of hydrogen-bond donors (Lipinski definition) is 0. The van der Waals surface area contributed by atoms with Crippen molar-refractivity contribution in [3.8, 4) is 11.5 Å². The zero-order valence-electron chi connectivity index (χ0n) is 18.7. The normalized spacial score (nSPS) is 11.3. The van der Waals surface area contributed by atoms with Crippen molar-refractivity contribution in [3.63, 3.8) is 0 Å². The second-order valence-corrected chi connectivity index (χ2v) is 7.28. The molecule has 0 fully saturated rings. The molecule has 0 radical (unpaired) electrons. The quantitative estimate of drug-likeness (QED) is 0.181. The van der Waals surface area contributed by atoms with Gasteiger partial charge in [0.05, 0.1) is 12.8 Å². The van der Waals surface area contributed by atoms with Crippen LogP contribution in [0, 0.1) is 13.8 Å². The molecule has 0 aliphatic heterocycles. The third-order valence-corrected chi connectivity index (χ3v) is 4.74. The van der Waals surface area contributed by atoms with E-state index >= 15 is 0 Å². The van der Waals surface area contributed by atoms with Gasteiger partial charge in [0, 0.05) is 17.5 Å². The molecular formula is C25H34N2O3. The van der Waals surface area contributed by atoms with Crippen LogP contribution in [0.25, 0.3) is 0 Å². The lowest BCUT2D eigenvalue weighted by Crippen LogP contribution is -2.02. The molecule has 162 valence electrons. The zero-order valence-corrected chi connectivity index (χ0v) is 18.7. The van der Waals surface area contributed by atoms with Crippen molar-refractivity contribution < 1.29 is 14.3 Å². The number of benzene rings is 1. The molecule has 5 nitrogen and oxygen atoms in total. The fraction of sp³-hybridized carbons (Fsp3) is 0.440. The predicted octanol–water partition coefficient (Wildman–Crippen LogP) is 5.82. The van der Waals surface area contributed by atoms with Crippen LogP contribution < -0.4 is 9.47 Å². The van der Waals surface area contributed by atoms with Crippen molar-refractivity contribution in [1.29, 1.82) is 0 Å². The van der Waals surface area contributed by atoms with Gasteiger partial charge in [-0.2, -0.15) is 0 Å². The smallest absolute Gasteiger partial charge is 0.125 e. The highest BCUT2D eigenvalue weighted by Gasteiger charge is 2.07. The van der Waals surface area contributed by atoms with Gasteiger partial charge in [-0.1, -0.05) is 30.1 Å². The summed E-state index contributed by atoms with van der Waals surface area (Å²) in [4.78, 5) is 9.15. The van der Waals surface area contributed by atoms with Gasteiger partial charge in [0.2, 0.25) is 0 Å². The lowest BCUT2D eigenvalue weighted by Gasteiger charge is -2.14. The number of aryl methyl sites for hydroxylation is 3. The van der Waals surface area contributed by atoms with E-state index in [0.29, 0.717) is 6.61 Å². The van der Waals surface area contributed by atoms with Crippen LogP contribution in [0.3, 0.4) is 0 Å². The fourth-order valence-electron chi connectivity index (χ4n) is 3.17. The van der Waals surface area contributed by atoms with E-state index < -0.39 is 0 Å². The number of allylic oxidation sites excluding steroid dienone is 1. The van der Waals surface area contributed by atoms with Gasteiger partial charge in [0.1, 0.15) is 25.2 Å². The number of aromatic nitrogens is 1. The minimum atomic E-state index is 0.595. The van der Waals surface area contributed by atoms with Crippen molar-refractivity contribution in [2.24, 2.45) is 5.16 Å². The summed E-state index contributed by atoms with van der Waals surface area (Å²) in [7, 11) is 1.53. The molecule has 1 aromatic heterocycles. The Morgan fingerprint density at radius 2 is 1.77 bits per heavy atom. The number of ether oxygens (including phenoxy) is 2. The fourth-order valence-corrected chi connectivity index (χ4v) is 3.17. The number of pyridine rings is 1. The number of nitrogens with zero attached hydrogens (tertiary/aromatic N) is 2. The molecule has 0 amide bonds. The van der Waals surface area contributed by atoms with Gasteiger partial charge in [-0.3, -0.25) is 4.98 Å². The Hall–Kier alpha value is -2.82. The van der Waals surface area contributed by atoms with Crippen LogP contribution in [-0.2, 0) is 11.3 Å². The minimum Gasteiger partial charge on any atom is -0.493 e. The monoisotopic (exact) mass is 410 g/mol. The first-order chi connectivity index (χ1) is 14.6. The van der Waals surface area contributed by atoms with Gasteiger partial charge in [0.15, 0.2) is 0 Å². The molecule has 0 spiro atoms. The molecule has 0 bridgehead atoms.